The first-order valence-electron chi connectivity index (χ1n) is 6.32. The maximum atomic E-state index is 12.1. The highest BCUT2D eigenvalue weighted by Gasteiger charge is 2.18. The minimum absolute atomic E-state index is 0.0898. The van der Waals surface area contributed by atoms with Crippen LogP contribution in [0.3, 0.4) is 0 Å². The molecule has 5 nitrogen and oxygen atoms in total. The van der Waals surface area contributed by atoms with Crippen LogP contribution in [0.5, 0.6) is 0 Å². The highest BCUT2D eigenvalue weighted by molar-refractivity contribution is 7.11. The Morgan fingerprint density at radius 3 is 2.68 bits per heavy atom. The SMILES string of the molecule is Cc1cc(C)c2ccc(NC(=O)c3nsc(Cl)c3Cl)nc2n1. The molecule has 0 radical (unpaired) electrons. The van der Waals surface area contributed by atoms with Gasteiger partial charge in [-0.15, -0.1) is 0 Å². The Bertz CT molecular complexity index is 894. The third-order valence-corrected chi connectivity index (χ3v) is 4.67. The van der Waals surface area contributed by atoms with Crippen molar-refractivity contribution in [1.29, 1.82) is 0 Å². The number of pyridine rings is 2. The number of aryl methyl sites for hydroxylation is 2. The number of rotatable bonds is 2. The quantitative estimate of drug-likeness (QED) is 0.747. The first kappa shape index (κ1) is 15.1. The smallest absolute Gasteiger partial charge is 0.278 e. The number of carbonyl (C=O) groups excluding carboxylic acids is 1. The molecule has 112 valence electrons. The third kappa shape index (κ3) is 2.77. The Morgan fingerprint density at radius 1 is 1.23 bits per heavy atom. The summed E-state index contributed by atoms with van der Waals surface area (Å²) >= 11 is 12.7. The largest absolute Gasteiger partial charge is 0.305 e. The standard InChI is InChI=1S/C14H10Cl2N4OS/c1-6-5-7(2)17-13-8(6)3-4-9(18-13)19-14(21)11-10(15)12(16)22-20-11/h3-5H,1-2H3,(H,17,18,19,21). The molecule has 0 aliphatic carbocycles. The zero-order chi connectivity index (χ0) is 15.9. The fourth-order valence-corrected chi connectivity index (χ4v) is 3.07. The predicted octanol–water partition coefficient (Wildman–Crippen LogP) is 4.26. The zero-order valence-corrected chi connectivity index (χ0v) is 14.0. The molecule has 1 amide bonds. The second-order valence-corrected chi connectivity index (χ2v) is 6.47. The summed E-state index contributed by atoms with van der Waals surface area (Å²) in [4.78, 5) is 20.9. The van der Waals surface area contributed by atoms with E-state index < -0.39 is 5.91 Å². The van der Waals surface area contributed by atoms with Gasteiger partial charge in [0.1, 0.15) is 15.2 Å². The summed E-state index contributed by atoms with van der Waals surface area (Å²) in [5.41, 5.74) is 2.63. The van der Waals surface area contributed by atoms with Gasteiger partial charge in [-0.2, -0.15) is 4.37 Å². The van der Waals surface area contributed by atoms with E-state index in [2.05, 4.69) is 19.7 Å². The third-order valence-electron chi connectivity index (χ3n) is 3.06. The van der Waals surface area contributed by atoms with Crippen molar-refractivity contribution in [3.63, 3.8) is 0 Å². The Hall–Kier alpha value is -1.76. The second kappa shape index (κ2) is 5.79. The molecular weight excluding hydrogens is 343 g/mol. The Morgan fingerprint density at radius 2 is 2.00 bits per heavy atom. The topological polar surface area (TPSA) is 67.8 Å². The molecule has 1 N–H and O–H groups in total. The van der Waals surface area contributed by atoms with E-state index in [1.54, 1.807) is 6.07 Å². The van der Waals surface area contributed by atoms with Crippen molar-refractivity contribution >= 4 is 57.5 Å². The molecule has 3 aromatic heterocycles. The summed E-state index contributed by atoms with van der Waals surface area (Å²) < 4.78 is 4.21. The van der Waals surface area contributed by atoms with E-state index in [4.69, 9.17) is 23.2 Å². The summed E-state index contributed by atoms with van der Waals surface area (Å²) in [5.74, 6) is -0.0698. The summed E-state index contributed by atoms with van der Waals surface area (Å²) in [6.45, 7) is 3.89. The second-order valence-electron chi connectivity index (χ2n) is 4.72. The van der Waals surface area contributed by atoms with Gasteiger partial charge < -0.3 is 5.32 Å². The van der Waals surface area contributed by atoms with E-state index in [9.17, 15) is 4.79 Å². The zero-order valence-electron chi connectivity index (χ0n) is 11.6. The van der Waals surface area contributed by atoms with E-state index in [0.29, 0.717) is 11.5 Å². The van der Waals surface area contributed by atoms with Gasteiger partial charge in [0.2, 0.25) is 0 Å². The molecule has 3 aromatic rings. The molecule has 8 heteroatoms. The van der Waals surface area contributed by atoms with Crippen LogP contribution in [0, 0.1) is 13.8 Å². The number of nitrogens with zero attached hydrogens (tertiary/aromatic N) is 3. The van der Waals surface area contributed by atoms with Crippen LogP contribution in [0.2, 0.25) is 9.36 Å². The molecule has 0 aromatic carbocycles. The molecule has 0 saturated heterocycles. The molecule has 3 heterocycles. The summed E-state index contributed by atoms with van der Waals surface area (Å²) in [6.07, 6.45) is 0. The van der Waals surface area contributed by atoms with Crippen LogP contribution in [0.1, 0.15) is 21.7 Å². The van der Waals surface area contributed by atoms with Crippen LogP contribution < -0.4 is 5.32 Å². The average molecular weight is 353 g/mol. The van der Waals surface area contributed by atoms with Crippen molar-refractivity contribution in [1.82, 2.24) is 14.3 Å². The molecule has 0 aliphatic rings. The summed E-state index contributed by atoms with van der Waals surface area (Å²) in [6, 6.07) is 5.57. The normalized spacial score (nSPS) is 10.9. The van der Waals surface area contributed by atoms with Gasteiger partial charge in [-0.1, -0.05) is 23.2 Å². The fraction of sp³-hybridized carbons (Fsp3) is 0.143. The Balaban J connectivity index is 1.94. The molecule has 0 aliphatic heterocycles. The van der Waals surface area contributed by atoms with Crippen molar-refractivity contribution in [3.8, 4) is 0 Å². The summed E-state index contributed by atoms with van der Waals surface area (Å²) in [7, 11) is 0. The number of nitrogens with one attached hydrogen (secondary N) is 1. The van der Waals surface area contributed by atoms with Crippen LogP contribution in [0.4, 0.5) is 5.82 Å². The van der Waals surface area contributed by atoms with Crippen molar-refractivity contribution in [2.75, 3.05) is 5.32 Å². The average Bonchev–Trinajstić information content (AvgIpc) is 2.78. The molecule has 0 saturated carbocycles. The number of hydrogen-bond acceptors (Lipinski definition) is 5. The highest BCUT2D eigenvalue weighted by Crippen LogP contribution is 2.29. The van der Waals surface area contributed by atoms with Crippen molar-refractivity contribution in [2.45, 2.75) is 13.8 Å². The van der Waals surface area contributed by atoms with Gasteiger partial charge in [0.15, 0.2) is 11.3 Å². The Kier molecular flexibility index (Phi) is 3.99. The predicted molar refractivity (Wildman–Crippen MR) is 89.1 cm³/mol. The number of anilines is 1. The molecule has 0 fully saturated rings. The first-order chi connectivity index (χ1) is 10.5. The molecule has 0 spiro atoms. The highest BCUT2D eigenvalue weighted by atomic mass is 35.5. The fourth-order valence-electron chi connectivity index (χ4n) is 2.08. The van der Waals surface area contributed by atoms with Crippen LogP contribution >= 0.6 is 34.7 Å². The van der Waals surface area contributed by atoms with Gasteiger partial charge in [-0.05, 0) is 49.1 Å². The first-order valence-corrected chi connectivity index (χ1v) is 7.85. The van der Waals surface area contributed by atoms with E-state index in [1.165, 1.54) is 0 Å². The number of fused-ring (bicyclic) bond motifs is 1. The van der Waals surface area contributed by atoms with Gasteiger partial charge >= 0.3 is 0 Å². The number of amides is 1. The molecule has 0 bridgehead atoms. The van der Waals surface area contributed by atoms with Gasteiger partial charge in [0, 0.05) is 11.1 Å². The van der Waals surface area contributed by atoms with Crippen LogP contribution in [0.15, 0.2) is 18.2 Å². The summed E-state index contributed by atoms with van der Waals surface area (Å²) in [5, 5.41) is 3.75. The van der Waals surface area contributed by atoms with E-state index >= 15 is 0 Å². The lowest BCUT2D eigenvalue weighted by atomic mass is 10.1. The lowest BCUT2D eigenvalue weighted by Crippen LogP contribution is -2.13. The minimum Gasteiger partial charge on any atom is -0.305 e. The molecule has 0 atom stereocenters. The molecule has 22 heavy (non-hydrogen) atoms. The van der Waals surface area contributed by atoms with Crippen LogP contribution in [-0.2, 0) is 0 Å². The number of aromatic nitrogens is 3. The van der Waals surface area contributed by atoms with Gasteiger partial charge in [-0.3, -0.25) is 4.79 Å². The maximum absolute atomic E-state index is 12.1. The van der Waals surface area contributed by atoms with E-state index in [0.717, 1.165) is 28.2 Å². The molecular formula is C14H10Cl2N4OS. The van der Waals surface area contributed by atoms with Crippen LogP contribution in [-0.4, -0.2) is 20.2 Å². The number of hydrogen-bond donors (Lipinski definition) is 1. The monoisotopic (exact) mass is 352 g/mol. The molecule has 0 unspecified atom stereocenters. The van der Waals surface area contributed by atoms with E-state index in [1.807, 2.05) is 26.0 Å². The van der Waals surface area contributed by atoms with Gasteiger partial charge in [0.25, 0.3) is 5.91 Å². The van der Waals surface area contributed by atoms with Crippen molar-refractivity contribution in [3.05, 3.63) is 44.5 Å². The lowest BCUT2D eigenvalue weighted by molar-refractivity contribution is 0.102. The number of halogens is 2. The van der Waals surface area contributed by atoms with Crippen molar-refractivity contribution in [2.24, 2.45) is 0 Å². The van der Waals surface area contributed by atoms with E-state index in [-0.39, 0.29) is 15.1 Å². The van der Waals surface area contributed by atoms with Gasteiger partial charge in [0.05, 0.1) is 0 Å². The lowest BCUT2D eigenvalue weighted by Gasteiger charge is -2.06. The maximum Gasteiger partial charge on any atom is 0.278 e. The van der Waals surface area contributed by atoms with Gasteiger partial charge in [-0.25, -0.2) is 9.97 Å². The molecule has 3 rings (SSSR count). The number of carbonyl (C=O) groups is 1. The Labute approximate surface area is 140 Å². The van der Waals surface area contributed by atoms with Crippen molar-refractivity contribution < 1.29 is 4.79 Å². The minimum atomic E-state index is -0.454. The van der Waals surface area contributed by atoms with Crippen LogP contribution in [0.25, 0.3) is 11.0 Å².